The molecular formula is C12H12BrClN2O4. The zero-order chi connectivity index (χ0) is 14.7. The molecule has 1 atom stereocenters. The van der Waals surface area contributed by atoms with Gasteiger partial charge < -0.3 is 9.64 Å². The first-order valence-corrected chi connectivity index (χ1v) is 7.44. The van der Waals surface area contributed by atoms with E-state index in [1.165, 1.54) is 23.1 Å². The third-order valence-corrected chi connectivity index (χ3v) is 4.04. The lowest BCUT2D eigenvalue weighted by molar-refractivity contribution is -0.385. The third kappa shape index (κ3) is 3.11. The summed E-state index contributed by atoms with van der Waals surface area (Å²) in [5.41, 5.74) is -0.334. The lowest BCUT2D eigenvalue weighted by Crippen LogP contribution is -2.46. The van der Waals surface area contributed by atoms with E-state index in [9.17, 15) is 14.9 Å². The predicted molar refractivity (Wildman–Crippen MR) is 77.5 cm³/mol. The third-order valence-electron chi connectivity index (χ3n) is 3.00. The van der Waals surface area contributed by atoms with Gasteiger partial charge in [-0.25, -0.2) is 0 Å². The highest BCUT2D eigenvalue weighted by Crippen LogP contribution is 2.28. The second-order valence-electron chi connectivity index (χ2n) is 4.29. The molecule has 1 aromatic rings. The van der Waals surface area contributed by atoms with E-state index >= 15 is 0 Å². The Labute approximate surface area is 128 Å². The summed E-state index contributed by atoms with van der Waals surface area (Å²) in [5, 5.41) is 11.7. The summed E-state index contributed by atoms with van der Waals surface area (Å²) in [6.45, 7) is 1.18. The first kappa shape index (κ1) is 15.2. The molecule has 1 saturated heterocycles. The number of alkyl halides is 1. The molecule has 0 saturated carbocycles. The summed E-state index contributed by atoms with van der Waals surface area (Å²) in [6.07, 6.45) is -0.116. The Balaban J connectivity index is 2.31. The monoisotopic (exact) mass is 362 g/mol. The number of hydrogen-bond donors (Lipinski definition) is 0. The van der Waals surface area contributed by atoms with Crippen LogP contribution in [0.5, 0.6) is 0 Å². The molecule has 6 nitrogen and oxygen atoms in total. The molecule has 2 rings (SSSR count). The number of carbonyl (C=O) groups excluding carboxylic acids is 1. The Bertz CT molecular complexity index is 540. The van der Waals surface area contributed by atoms with Gasteiger partial charge in [-0.05, 0) is 6.07 Å². The van der Waals surface area contributed by atoms with Crippen molar-refractivity contribution in [3.8, 4) is 0 Å². The zero-order valence-corrected chi connectivity index (χ0v) is 12.8. The molecule has 0 N–H and O–H groups in total. The van der Waals surface area contributed by atoms with Gasteiger partial charge in [-0.1, -0.05) is 33.6 Å². The molecule has 20 heavy (non-hydrogen) atoms. The second-order valence-corrected chi connectivity index (χ2v) is 5.34. The van der Waals surface area contributed by atoms with Crippen molar-refractivity contribution in [2.24, 2.45) is 0 Å². The van der Waals surface area contributed by atoms with Crippen LogP contribution in [0.15, 0.2) is 18.2 Å². The fourth-order valence-corrected chi connectivity index (χ4v) is 2.67. The molecule has 1 fully saturated rings. The molecule has 0 aromatic heterocycles. The molecule has 1 aromatic carbocycles. The predicted octanol–water partition coefficient (Wildman–Crippen LogP) is 2.48. The number of halogens is 2. The van der Waals surface area contributed by atoms with E-state index in [0.717, 1.165) is 0 Å². The molecule has 0 spiro atoms. The van der Waals surface area contributed by atoms with Gasteiger partial charge in [0.1, 0.15) is 5.56 Å². The smallest absolute Gasteiger partial charge is 0.283 e. The number of ether oxygens (including phenoxy) is 1. The van der Waals surface area contributed by atoms with E-state index in [-0.39, 0.29) is 22.4 Å². The highest BCUT2D eigenvalue weighted by atomic mass is 79.9. The van der Waals surface area contributed by atoms with Crippen LogP contribution in [0.4, 0.5) is 5.69 Å². The van der Waals surface area contributed by atoms with Crippen molar-refractivity contribution in [1.82, 2.24) is 4.90 Å². The first-order chi connectivity index (χ1) is 9.54. The van der Waals surface area contributed by atoms with Gasteiger partial charge in [0.2, 0.25) is 0 Å². The van der Waals surface area contributed by atoms with Crippen LogP contribution >= 0.6 is 27.5 Å². The van der Waals surface area contributed by atoms with Crippen molar-refractivity contribution in [3.05, 3.63) is 38.9 Å². The maximum absolute atomic E-state index is 12.5. The number of nitro benzene ring substituents is 1. The lowest BCUT2D eigenvalue weighted by Gasteiger charge is -2.32. The second kappa shape index (κ2) is 6.51. The van der Waals surface area contributed by atoms with Crippen molar-refractivity contribution in [1.29, 1.82) is 0 Å². The molecule has 8 heteroatoms. The summed E-state index contributed by atoms with van der Waals surface area (Å²) in [7, 11) is 0. The van der Waals surface area contributed by atoms with Gasteiger partial charge in [0.25, 0.3) is 11.6 Å². The number of morpholine rings is 1. The van der Waals surface area contributed by atoms with Crippen LogP contribution in [0.1, 0.15) is 10.4 Å². The minimum Gasteiger partial charge on any atom is -0.374 e. The van der Waals surface area contributed by atoms with E-state index in [1.807, 2.05) is 0 Å². The maximum atomic E-state index is 12.5. The lowest BCUT2D eigenvalue weighted by atomic mass is 10.1. The highest BCUT2D eigenvalue weighted by Gasteiger charge is 2.30. The number of nitro groups is 1. The van der Waals surface area contributed by atoms with Gasteiger partial charge >= 0.3 is 0 Å². The van der Waals surface area contributed by atoms with Crippen molar-refractivity contribution in [2.45, 2.75) is 6.10 Å². The molecule has 0 radical (unpaired) electrons. The standard InChI is InChI=1S/C12H12BrClN2O4/c13-6-8-7-15(4-5-20-8)12(17)11-9(14)2-1-3-10(11)16(18)19/h1-3,8H,4-7H2. The van der Waals surface area contributed by atoms with E-state index in [1.54, 1.807) is 0 Å². The van der Waals surface area contributed by atoms with Gasteiger partial charge in [-0.2, -0.15) is 0 Å². The molecule has 1 aliphatic rings. The summed E-state index contributed by atoms with van der Waals surface area (Å²) in [5.74, 6) is -0.434. The van der Waals surface area contributed by atoms with Crippen molar-refractivity contribution >= 4 is 39.1 Å². The number of carbonyl (C=O) groups is 1. The van der Waals surface area contributed by atoms with Gasteiger partial charge in [0.15, 0.2) is 0 Å². The summed E-state index contributed by atoms with van der Waals surface area (Å²) in [6, 6.07) is 4.21. The van der Waals surface area contributed by atoms with Crippen LogP contribution in [0.25, 0.3) is 0 Å². The normalized spacial score (nSPS) is 18.9. The Morgan fingerprint density at radius 2 is 2.35 bits per heavy atom. The fourth-order valence-electron chi connectivity index (χ4n) is 2.03. The van der Waals surface area contributed by atoms with Gasteiger partial charge in [0.05, 0.1) is 22.7 Å². The number of amides is 1. The largest absolute Gasteiger partial charge is 0.374 e. The van der Waals surface area contributed by atoms with Crippen LogP contribution in [0, 0.1) is 10.1 Å². The van der Waals surface area contributed by atoms with Crippen LogP contribution in [0.2, 0.25) is 5.02 Å². The Hall–Kier alpha value is -1.18. The minimum atomic E-state index is -0.596. The minimum absolute atomic E-state index is 0.0608. The summed E-state index contributed by atoms with van der Waals surface area (Å²) >= 11 is 9.26. The highest BCUT2D eigenvalue weighted by molar-refractivity contribution is 9.09. The van der Waals surface area contributed by atoms with E-state index in [4.69, 9.17) is 16.3 Å². The Morgan fingerprint density at radius 3 is 3.00 bits per heavy atom. The molecule has 1 unspecified atom stereocenters. The molecule has 108 valence electrons. The van der Waals surface area contributed by atoms with Crippen molar-refractivity contribution in [3.63, 3.8) is 0 Å². The average molecular weight is 364 g/mol. The zero-order valence-electron chi connectivity index (χ0n) is 10.4. The average Bonchev–Trinajstić information content (AvgIpc) is 2.46. The number of benzene rings is 1. The van der Waals surface area contributed by atoms with Crippen molar-refractivity contribution < 1.29 is 14.5 Å². The SMILES string of the molecule is O=C(c1c(Cl)cccc1[N+](=O)[O-])N1CCOC(CBr)C1. The van der Waals surface area contributed by atoms with E-state index in [0.29, 0.717) is 25.0 Å². The molecule has 0 bridgehead atoms. The molecular weight excluding hydrogens is 351 g/mol. The van der Waals surface area contributed by atoms with Gasteiger partial charge in [0, 0.05) is 24.5 Å². The maximum Gasteiger partial charge on any atom is 0.283 e. The first-order valence-electron chi connectivity index (χ1n) is 5.94. The van der Waals surface area contributed by atoms with E-state index < -0.39 is 10.8 Å². The van der Waals surface area contributed by atoms with Gasteiger partial charge in [-0.15, -0.1) is 0 Å². The molecule has 0 aliphatic carbocycles. The molecule has 1 amide bonds. The van der Waals surface area contributed by atoms with Crippen LogP contribution in [-0.4, -0.2) is 46.9 Å². The molecule has 1 heterocycles. The van der Waals surface area contributed by atoms with Crippen LogP contribution in [0.3, 0.4) is 0 Å². The summed E-state index contributed by atoms with van der Waals surface area (Å²) in [4.78, 5) is 24.4. The van der Waals surface area contributed by atoms with Crippen LogP contribution < -0.4 is 0 Å². The Morgan fingerprint density at radius 1 is 1.60 bits per heavy atom. The van der Waals surface area contributed by atoms with Gasteiger partial charge in [-0.3, -0.25) is 14.9 Å². The van der Waals surface area contributed by atoms with Crippen LogP contribution in [-0.2, 0) is 4.74 Å². The number of hydrogen-bond acceptors (Lipinski definition) is 4. The Kier molecular flexibility index (Phi) is 4.95. The van der Waals surface area contributed by atoms with E-state index in [2.05, 4.69) is 15.9 Å². The number of nitrogens with zero attached hydrogens (tertiary/aromatic N) is 2. The molecule has 1 aliphatic heterocycles. The fraction of sp³-hybridized carbons (Fsp3) is 0.417. The van der Waals surface area contributed by atoms with Crippen molar-refractivity contribution in [2.75, 3.05) is 25.0 Å². The summed E-state index contributed by atoms with van der Waals surface area (Å²) < 4.78 is 5.44. The number of rotatable bonds is 3. The quantitative estimate of drug-likeness (QED) is 0.470. The topological polar surface area (TPSA) is 72.7 Å².